The Hall–Kier alpha value is -2.42. The van der Waals surface area contributed by atoms with E-state index in [0.29, 0.717) is 16.3 Å². The van der Waals surface area contributed by atoms with E-state index in [1.54, 1.807) is 6.92 Å². The summed E-state index contributed by atoms with van der Waals surface area (Å²) in [6, 6.07) is 0. The van der Waals surface area contributed by atoms with Crippen molar-refractivity contribution >= 4 is 26.0 Å². The largest absolute Gasteiger partial charge is 0.467 e. The highest BCUT2D eigenvalue weighted by Gasteiger charge is 2.68. The van der Waals surface area contributed by atoms with Crippen LogP contribution in [0.15, 0.2) is 30.9 Å². The van der Waals surface area contributed by atoms with E-state index in [1.807, 2.05) is 0 Å². The summed E-state index contributed by atoms with van der Waals surface area (Å²) in [6.45, 7) is 9.72. The molecule has 0 saturated heterocycles. The van der Waals surface area contributed by atoms with Crippen LogP contribution in [0.2, 0.25) is 0 Å². The molecular weight excluding hydrogens is 596 g/mol. The van der Waals surface area contributed by atoms with Crippen LogP contribution in [0.25, 0.3) is 4.13 Å². The van der Waals surface area contributed by atoms with Crippen LogP contribution in [-0.4, -0.2) is 56.8 Å². The molecule has 1 heterocycles. The van der Waals surface area contributed by atoms with Crippen LogP contribution in [0, 0.1) is 0 Å². The Balaban J connectivity index is 0.000000735. The highest BCUT2D eigenvalue weighted by Crippen LogP contribution is 2.47. The summed E-state index contributed by atoms with van der Waals surface area (Å²) in [5, 5.41) is -14.0. The van der Waals surface area contributed by atoms with E-state index in [9.17, 15) is 65.5 Å². The Morgan fingerprint density at radius 2 is 1.37 bits per heavy atom. The molecule has 0 spiro atoms. The number of halogens is 10. The van der Waals surface area contributed by atoms with Gasteiger partial charge in [-0.3, -0.25) is 0 Å². The van der Waals surface area contributed by atoms with Crippen LogP contribution in [-0.2, 0) is 42.7 Å². The molecule has 0 amide bonds. The van der Waals surface area contributed by atoms with Gasteiger partial charge >= 0.3 is 28.8 Å². The van der Waals surface area contributed by atoms with Crippen LogP contribution < -0.4 is 4.57 Å². The number of alkyl halides is 10. The topological polar surface area (TPSA) is 117 Å². The monoisotopic (exact) mass is 617 g/mol. The molecule has 0 fully saturated rings. The van der Waals surface area contributed by atoms with Gasteiger partial charge in [-0.25, -0.2) is 30.8 Å². The maximum absolute atomic E-state index is 12.3. The second kappa shape index (κ2) is 12.6. The summed E-state index contributed by atoms with van der Waals surface area (Å²) in [5.41, 5.74) is 0.458. The molecule has 0 aliphatic carbocycles. The number of carbonyl (C=O) groups excluding carboxylic acids is 1. The lowest BCUT2D eigenvalue weighted by molar-refractivity contribution is -0.696. The normalized spacial score (nSPS) is 13.5. The minimum atomic E-state index is -7.62. The summed E-state index contributed by atoms with van der Waals surface area (Å²) in [6.07, 6.45) is -5.92. The fourth-order valence-corrected chi connectivity index (χ4v) is 4.33. The highest BCUT2D eigenvalue weighted by atomic mass is 32.3. The average Bonchev–Trinajstić information content (AvgIpc) is 3.19. The van der Waals surface area contributed by atoms with Gasteiger partial charge in [0.05, 0.1) is 19.7 Å². The zero-order valence-electron chi connectivity index (χ0n) is 19.4. The number of hydrogen-bond donors (Lipinski definition) is 0. The molecule has 9 nitrogen and oxygen atoms in total. The minimum absolute atomic E-state index is 0.296. The van der Waals surface area contributed by atoms with E-state index in [0.717, 1.165) is 25.9 Å². The lowest BCUT2D eigenvalue weighted by Crippen LogP contribution is -2.48. The molecule has 1 aromatic heterocycles. The first-order valence-electron chi connectivity index (χ1n) is 9.84. The molecule has 0 saturated carbocycles. The zero-order valence-corrected chi connectivity index (χ0v) is 21.0. The summed E-state index contributed by atoms with van der Waals surface area (Å²) in [4.78, 5) is 11.1. The van der Waals surface area contributed by atoms with E-state index in [2.05, 4.69) is 41.4 Å². The fourth-order valence-electron chi connectivity index (χ4n) is 1.96. The molecule has 0 N–H and O–H groups in total. The van der Waals surface area contributed by atoms with Crippen molar-refractivity contribution in [2.45, 2.75) is 62.6 Å². The Labute approximate surface area is 210 Å². The van der Waals surface area contributed by atoms with Gasteiger partial charge in [-0.1, -0.05) is 6.58 Å². The number of nitrogens with zero attached hydrogens (tertiary/aromatic N) is 3. The van der Waals surface area contributed by atoms with Gasteiger partial charge in [0.15, 0.2) is 20.0 Å². The molecule has 38 heavy (non-hydrogen) atoms. The van der Waals surface area contributed by atoms with Gasteiger partial charge < -0.3 is 8.86 Å². The third-order valence-electron chi connectivity index (χ3n) is 4.01. The van der Waals surface area contributed by atoms with Crippen molar-refractivity contribution in [1.82, 2.24) is 4.57 Å². The maximum atomic E-state index is 12.3. The molecule has 1 rings (SSSR count). The van der Waals surface area contributed by atoms with Gasteiger partial charge in [-0.2, -0.15) is 43.9 Å². The summed E-state index contributed by atoms with van der Waals surface area (Å²) in [7, 11) is -15.2. The number of carbonyl (C=O) groups is 1. The number of unbranched alkanes of at least 4 members (excludes halogenated alkanes) is 1. The lowest BCUT2D eigenvalue weighted by atomic mass is 10.3. The van der Waals surface area contributed by atoms with Gasteiger partial charge in [0, 0.05) is 5.57 Å². The number of rotatable bonds is 11. The number of aromatic nitrogens is 2. The first-order valence-corrected chi connectivity index (χ1v) is 12.7. The molecule has 21 heteroatoms. The number of esters is 1. The molecule has 0 atom stereocenters. The molecule has 0 unspecified atom stereocenters. The molecule has 0 aromatic carbocycles. The number of ether oxygens (including phenoxy) is 1. The zero-order chi connectivity index (χ0) is 30.4. The van der Waals surface area contributed by atoms with Gasteiger partial charge in [-0.05, 0) is 26.7 Å². The standard InChI is InChI=1S/C13H21N2O2.C4F10NO4S2/c1-4-14-8-9-15(11-14)7-5-6-10-17-13(16)12(2)3;5-1(6,7)3(11,12)20(16,17)15-21(18,19)4(13,14)2(8,9)10/h8-9,11H,2,4-7,10H2,1,3H3;/q+1;-1. The second-order valence-electron chi connectivity index (χ2n) is 7.16. The second-order valence-corrected chi connectivity index (χ2v) is 10.7. The molecule has 0 aliphatic rings. The van der Waals surface area contributed by atoms with E-state index in [1.165, 1.54) is 0 Å². The van der Waals surface area contributed by atoms with Crippen molar-refractivity contribution in [3.05, 3.63) is 35.0 Å². The smallest absolute Gasteiger partial charge is 0.462 e. The Morgan fingerprint density at radius 1 is 0.921 bits per heavy atom. The number of sulfonamides is 2. The third-order valence-corrected chi connectivity index (χ3v) is 7.34. The van der Waals surface area contributed by atoms with Gasteiger partial charge in [0.1, 0.15) is 12.4 Å². The van der Waals surface area contributed by atoms with Crippen LogP contribution in [0.5, 0.6) is 0 Å². The predicted molar refractivity (Wildman–Crippen MR) is 109 cm³/mol. The lowest BCUT2D eigenvalue weighted by Gasteiger charge is -2.31. The molecule has 0 bridgehead atoms. The number of aryl methyl sites for hydroxylation is 2. The molecule has 0 radical (unpaired) electrons. The quantitative estimate of drug-likeness (QED) is 0.122. The van der Waals surface area contributed by atoms with Crippen molar-refractivity contribution in [3.8, 4) is 0 Å². The van der Waals surface area contributed by atoms with Crippen molar-refractivity contribution in [3.63, 3.8) is 0 Å². The average molecular weight is 617 g/mol. The SMILES string of the molecule is C=C(C)C(=O)OCCCC[n+]1ccn(CC)c1.O=S(=O)([N-]S(=O)(=O)C(F)(F)C(F)(F)F)C(F)(F)C(F)(F)F. The molecular formula is C17H21F10N3O6S2. The first kappa shape index (κ1) is 35.6. The van der Waals surface area contributed by atoms with Crippen LogP contribution >= 0.6 is 0 Å². The fraction of sp³-hybridized carbons (Fsp3) is 0.647. The Morgan fingerprint density at radius 3 is 1.71 bits per heavy atom. The van der Waals surface area contributed by atoms with Gasteiger partial charge in [0.2, 0.25) is 6.33 Å². The maximum Gasteiger partial charge on any atom is 0.467 e. The number of hydrogen-bond acceptors (Lipinski definition) is 6. The molecule has 1 aromatic rings. The molecule has 222 valence electrons. The van der Waals surface area contributed by atoms with Crippen molar-refractivity contribution < 1.29 is 74.8 Å². The van der Waals surface area contributed by atoms with E-state index in [-0.39, 0.29) is 5.97 Å². The van der Waals surface area contributed by atoms with Crippen molar-refractivity contribution in [1.29, 1.82) is 0 Å². The third kappa shape index (κ3) is 9.10. The summed E-state index contributed by atoms with van der Waals surface area (Å²) in [5.74, 6) is -0.296. The van der Waals surface area contributed by atoms with Gasteiger partial charge in [-0.15, -0.1) is 0 Å². The first-order chi connectivity index (χ1) is 16.8. The minimum Gasteiger partial charge on any atom is -0.462 e. The van der Waals surface area contributed by atoms with Crippen LogP contribution in [0.4, 0.5) is 43.9 Å². The summed E-state index contributed by atoms with van der Waals surface area (Å²) >= 11 is 0. The Bertz CT molecular complexity index is 1120. The van der Waals surface area contributed by atoms with Crippen molar-refractivity contribution in [2.24, 2.45) is 0 Å². The number of imidazole rings is 1. The summed E-state index contributed by atoms with van der Waals surface area (Å²) < 4.78 is 170. The highest BCUT2D eigenvalue weighted by molar-refractivity contribution is 8.13. The molecule has 0 aliphatic heterocycles. The van der Waals surface area contributed by atoms with E-state index in [4.69, 9.17) is 4.74 Å². The van der Waals surface area contributed by atoms with E-state index < -0.39 is 42.9 Å². The predicted octanol–water partition coefficient (Wildman–Crippen LogP) is 4.02. The van der Waals surface area contributed by atoms with Crippen molar-refractivity contribution in [2.75, 3.05) is 6.61 Å². The van der Waals surface area contributed by atoms with Crippen LogP contribution in [0.3, 0.4) is 0 Å². The van der Waals surface area contributed by atoms with Gasteiger partial charge in [0.25, 0.3) is 0 Å². The Kier molecular flexibility index (Phi) is 11.8. The van der Waals surface area contributed by atoms with E-state index >= 15 is 0 Å². The van der Waals surface area contributed by atoms with Crippen LogP contribution in [0.1, 0.15) is 26.7 Å².